The van der Waals surface area contributed by atoms with Gasteiger partial charge in [0.2, 0.25) is 5.91 Å². The van der Waals surface area contributed by atoms with Gasteiger partial charge in [0.25, 0.3) is 0 Å². The van der Waals surface area contributed by atoms with Crippen LogP contribution in [-0.4, -0.2) is 19.6 Å². The largest absolute Gasteiger partial charge is 0.384 e. The Morgan fingerprint density at radius 3 is 2.88 bits per heavy atom. The molecule has 0 aliphatic rings. The average molecular weight is 368 g/mol. The standard InChI is InChI=1S/C12H15ClINO2/c1-8(7-17-2)5-12(16)15-11-4-3-9(14)6-10(11)13/h3-4,6,8H,5,7H2,1-2H3,(H,15,16). The van der Waals surface area contributed by atoms with Gasteiger partial charge in [-0.1, -0.05) is 18.5 Å². The predicted molar refractivity (Wildman–Crippen MR) is 78.5 cm³/mol. The number of carbonyl (C=O) groups is 1. The summed E-state index contributed by atoms with van der Waals surface area (Å²) >= 11 is 8.20. The number of nitrogens with one attached hydrogen (secondary N) is 1. The van der Waals surface area contributed by atoms with Crippen LogP contribution in [0.5, 0.6) is 0 Å². The lowest BCUT2D eigenvalue weighted by Crippen LogP contribution is -2.17. The van der Waals surface area contributed by atoms with E-state index in [1.165, 1.54) is 0 Å². The Morgan fingerprint density at radius 1 is 1.59 bits per heavy atom. The van der Waals surface area contributed by atoms with Gasteiger partial charge < -0.3 is 10.1 Å². The lowest BCUT2D eigenvalue weighted by molar-refractivity contribution is -0.117. The summed E-state index contributed by atoms with van der Waals surface area (Å²) in [5.74, 6) is 0.153. The minimum Gasteiger partial charge on any atom is -0.384 e. The lowest BCUT2D eigenvalue weighted by Gasteiger charge is -2.11. The summed E-state index contributed by atoms with van der Waals surface area (Å²) < 4.78 is 6.03. The van der Waals surface area contributed by atoms with E-state index in [1.807, 2.05) is 25.1 Å². The third-order valence-electron chi connectivity index (χ3n) is 2.19. The van der Waals surface area contributed by atoms with Crippen LogP contribution in [-0.2, 0) is 9.53 Å². The Kier molecular flexibility index (Phi) is 6.22. The maximum atomic E-state index is 11.7. The molecule has 0 bridgehead atoms. The van der Waals surface area contributed by atoms with Gasteiger partial charge in [-0.05, 0) is 46.7 Å². The molecular weight excluding hydrogens is 352 g/mol. The first-order chi connectivity index (χ1) is 8.02. The molecule has 1 aromatic rings. The van der Waals surface area contributed by atoms with Gasteiger partial charge in [0.1, 0.15) is 0 Å². The van der Waals surface area contributed by atoms with Crippen LogP contribution in [0.25, 0.3) is 0 Å². The molecular formula is C12H15ClINO2. The molecule has 1 amide bonds. The molecule has 0 radical (unpaired) electrons. The van der Waals surface area contributed by atoms with Gasteiger partial charge in [-0.15, -0.1) is 0 Å². The van der Waals surface area contributed by atoms with Crippen LogP contribution >= 0.6 is 34.2 Å². The summed E-state index contributed by atoms with van der Waals surface area (Å²) in [6, 6.07) is 5.53. The molecule has 0 aliphatic heterocycles. The topological polar surface area (TPSA) is 38.3 Å². The van der Waals surface area contributed by atoms with Gasteiger partial charge in [0.15, 0.2) is 0 Å². The third-order valence-corrected chi connectivity index (χ3v) is 3.17. The summed E-state index contributed by atoms with van der Waals surface area (Å²) in [5, 5.41) is 3.36. The fourth-order valence-corrected chi connectivity index (χ4v) is 2.36. The van der Waals surface area contributed by atoms with Crippen molar-refractivity contribution in [1.82, 2.24) is 0 Å². The molecule has 0 aromatic heterocycles. The normalized spacial score (nSPS) is 12.2. The van der Waals surface area contributed by atoms with Crippen molar-refractivity contribution in [1.29, 1.82) is 0 Å². The van der Waals surface area contributed by atoms with Crippen molar-refractivity contribution in [3.63, 3.8) is 0 Å². The second kappa shape index (κ2) is 7.18. The quantitative estimate of drug-likeness (QED) is 0.808. The van der Waals surface area contributed by atoms with E-state index < -0.39 is 0 Å². The van der Waals surface area contributed by atoms with E-state index in [2.05, 4.69) is 27.9 Å². The highest BCUT2D eigenvalue weighted by Gasteiger charge is 2.10. The van der Waals surface area contributed by atoms with Gasteiger partial charge in [-0.3, -0.25) is 4.79 Å². The molecule has 1 rings (SSSR count). The van der Waals surface area contributed by atoms with E-state index >= 15 is 0 Å². The summed E-state index contributed by atoms with van der Waals surface area (Å²) in [5.41, 5.74) is 0.654. The zero-order chi connectivity index (χ0) is 12.8. The highest BCUT2D eigenvalue weighted by atomic mass is 127. The van der Waals surface area contributed by atoms with E-state index in [0.29, 0.717) is 23.7 Å². The highest BCUT2D eigenvalue weighted by molar-refractivity contribution is 14.1. The minimum absolute atomic E-state index is 0.0438. The Labute approximate surface area is 120 Å². The zero-order valence-electron chi connectivity index (χ0n) is 9.80. The first-order valence-electron chi connectivity index (χ1n) is 5.26. The van der Waals surface area contributed by atoms with Crippen molar-refractivity contribution in [2.24, 2.45) is 5.92 Å². The number of ether oxygens (including phenoxy) is 1. The monoisotopic (exact) mass is 367 g/mol. The van der Waals surface area contributed by atoms with Gasteiger partial charge in [0, 0.05) is 23.7 Å². The van der Waals surface area contributed by atoms with Crippen molar-refractivity contribution in [3.8, 4) is 0 Å². The molecule has 0 spiro atoms. The molecule has 1 aromatic carbocycles. The second-order valence-electron chi connectivity index (χ2n) is 3.94. The molecule has 0 fully saturated rings. The Bertz CT molecular complexity index is 398. The van der Waals surface area contributed by atoms with Crippen molar-refractivity contribution in [3.05, 3.63) is 26.8 Å². The SMILES string of the molecule is COCC(C)CC(=O)Nc1ccc(I)cc1Cl. The number of anilines is 1. The maximum absolute atomic E-state index is 11.7. The van der Waals surface area contributed by atoms with Crippen LogP contribution in [0.1, 0.15) is 13.3 Å². The van der Waals surface area contributed by atoms with E-state index in [-0.39, 0.29) is 11.8 Å². The Morgan fingerprint density at radius 2 is 2.29 bits per heavy atom. The summed E-state index contributed by atoms with van der Waals surface area (Å²) in [7, 11) is 1.63. The molecule has 0 aliphatic carbocycles. The molecule has 1 N–H and O–H groups in total. The fraction of sp³-hybridized carbons (Fsp3) is 0.417. The number of amides is 1. The highest BCUT2D eigenvalue weighted by Crippen LogP contribution is 2.24. The second-order valence-corrected chi connectivity index (χ2v) is 5.59. The average Bonchev–Trinajstić information content (AvgIpc) is 2.22. The van der Waals surface area contributed by atoms with Crippen LogP contribution in [0.4, 0.5) is 5.69 Å². The number of halogens is 2. The van der Waals surface area contributed by atoms with Gasteiger partial charge in [-0.25, -0.2) is 0 Å². The van der Waals surface area contributed by atoms with Gasteiger partial charge >= 0.3 is 0 Å². The number of hydrogen-bond acceptors (Lipinski definition) is 2. The number of carbonyl (C=O) groups excluding carboxylic acids is 1. The van der Waals surface area contributed by atoms with Crippen LogP contribution in [0.3, 0.4) is 0 Å². The molecule has 5 heteroatoms. The number of benzene rings is 1. The lowest BCUT2D eigenvalue weighted by atomic mass is 10.1. The van der Waals surface area contributed by atoms with E-state index in [1.54, 1.807) is 7.11 Å². The van der Waals surface area contributed by atoms with Gasteiger partial charge in [0.05, 0.1) is 10.7 Å². The van der Waals surface area contributed by atoms with Crippen LogP contribution < -0.4 is 5.32 Å². The van der Waals surface area contributed by atoms with Gasteiger partial charge in [-0.2, -0.15) is 0 Å². The van der Waals surface area contributed by atoms with E-state index in [9.17, 15) is 4.79 Å². The molecule has 0 saturated carbocycles. The van der Waals surface area contributed by atoms with Crippen LogP contribution in [0.2, 0.25) is 5.02 Å². The van der Waals surface area contributed by atoms with Crippen molar-refractivity contribution in [2.45, 2.75) is 13.3 Å². The predicted octanol–water partition coefficient (Wildman–Crippen LogP) is 3.56. The van der Waals surface area contributed by atoms with E-state index in [4.69, 9.17) is 16.3 Å². The minimum atomic E-state index is -0.0438. The fourth-order valence-electron chi connectivity index (χ4n) is 1.45. The molecule has 1 atom stereocenters. The smallest absolute Gasteiger partial charge is 0.224 e. The van der Waals surface area contributed by atoms with Crippen LogP contribution in [0, 0.1) is 9.49 Å². The molecule has 1 unspecified atom stereocenters. The summed E-state index contributed by atoms with van der Waals surface area (Å²) in [6.45, 7) is 2.55. The first-order valence-corrected chi connectivity index (χ1v) is 6.72. The van der Waals surface area contributed by atoms with Crippen molar-refractivity contribution in [2.75, 3.05) is 19.0 Å². The molecule has 0 heterocycles. The number of methoxy groups -OCH3 is 1. The Balaban J connectivity index is 2.56. The maximum Gasteiger partial charge on any atom is 0.224 e. The Hall–Kier alpha value is -0.330. The number of hydrogen-bond donors (Lipinski definition) is 1. The summed E-state index contributed by atoms with van der Waals surface area (Å²) in [4.78, 5) is 11.7. The van der Waals surface area contributed by atoms with E-state index in [0.717, 1.165) is 3.57 Å². The third kappa shape index (κ3) is 5.23. The molecule has 3 nitrogen and oxygen atoms in total. The molecule has 0 saturated heterocycles. The zero-order valence-corrected chi connectivity index (χ0v) is 12.7. The molecule has 94 valence electrons. The van der Waals surface area contributed by atoms with Crippen LogP contribution in [0.15, 0.2) is 18.2 Å². The molecule has 17 heavy (non-hydrogen) atoms. The number of rotatable bonds is 5. The van der Waals surface area contributed by atoms with Crippen molar-refractivity contribution < 1.29 is 9.53 Å². The first kappa shape index (κ1) is 14.7. The van der Waals surface area contributed by atoms with Crippen molar-refractivity contribution >= 4 is 45.8 Å². The summed E-state index contributed by atoms with van der Waals surface area (Å²) in [6.07, 6.45) is 0.427.